The Morgan fingerprint density at radius 1 is 1.20 bits per heavy atom. The zero-order valence-electron chi connectivity index (χ0n) is 9.74. The van der Waals surface area contributed by atoms with E-state index in [1.165, 1.54) is 0 Å². The molecule has 1 aromatic rings. The van der Waals surface area contributed by atoms with E-state index in [0.717, 1.165) is 11.3 Å². The number of ketones is 1. The van der Waals surface area contributed by atoms with Gasteiger partial charge in [-0.15, -0.1) is 0 Å². The Morgan fingerprint density at radius 3 is 2.40 bits per heavy atom. The summed E-state index contributed by atoms with van der Waals surface area (Å²) in [6.45, 7) is 8.39. The molecule has 0 fully saturated rings. The minimum absolute atomic E-state index is 0.0122. The molecule has 0 spiro atoms. The first-order valence-corrected chi connectivity index (χ1v) is 5.35. The highest BCUT2D eigenvalue weighted by molar-refractivity contribution is 6.10. The molecule has 1 aliphatic heterocycles. The van der Waals surface area contributed by atoms with Gasteiger partial charge in [-0.05, 0) is 39.8 Å². The fourth-order valence-electron chi connectivity index (χ4n) is 2.39. The van der Waals surface area contributed by atoms with E-state index in [-0.39, 0.29) is 17.4 Å². The lowest BCUT2D eigenvalue weighted by Crippen LogP contribution is -2.46. The molecule has 0 amide bonds. The maximum Gasteiger partial charge on any atom is 0.187 e. The van der Waals surface area contributed by atoms with E-state index in [1.807, 2.05) is 31.2 Å². The molecule has 1 aromatic carbocycles. The van der Waals surface area contributed by atoms with Crippen molar-refractivity contribution < 1.29 is 4.79 Å². The van der Waals surface area contributed by atoms with Crippen LogP contribution >= 0.6 is 0 Å². The molecule has 1 heterocycles. The largest absolute Gasteiger partial charge is 0.356 e. The SMILES string of the molecule is C[C@H]1C(=O)c2ccccc2N1C(C)(C)C. The average molecular weight is 203 g/mol. The Balaban J connectivity index is 2.57. The first kappa shape index (κ1) is 10.2. The van der Waals surface area contributed by atoms with Gasteiger partial charge in [0.25, 0.3) is 0 Å². The van der Waals surface area contributed by atoms with E-state index in [9.17, 15) is 4.79 Å². The molecule has 0 bridgehead atoms. The average Bonchev–Trinajstić information content (AvgIpc) is 2.39. The smallest absolute Gasteiger partial charge is 0.187 e. The highest BCUT2D eigenvalue weighted by Crippen LogP contribution is 2.36. The molecule has 0 saturated carbocycles. The summed E-state index contributed by atoms with van der Waals surface area (Å²) in [4.78, 5) is 14.2. The fourth-order valence-corrected chi connectivity index (χ4v) is 2.39. The first-order chi connectivity index (χ1) is 6.93. The lowest BCUT2D eigenvalue weighted by atomic mass is 10.0. The molecule has 0 radical (unpaired) electrons. The van der Waals surface area contributed by atoms with Crippen molar-refractivity contribution in [3.63, 3.8) is 0 Å². The maximum absolute atomic E-state index is 12.0. The van der Waals surface area contributed by atoms with Crippen molar-refractivity contribution in [2.75, 3.05) is 4.90 Å². The molecular weight excluding hydrogens is 186 g/mol. The Hall–Kier alpha value is -1.31. The van der Waals surface area contributed by atoms with Crippen LogP contribution in [-0.2, 0) is 0 Å². The molecule has 1 aliphatic rings. The van der Waals surface area contributed by atoms with Crippen molar-refractivity contribution >= 4 is 11.5 Å². The number of fused-ring (bicyclic) bond motifs is 1. The predicted molar refractivity (Wildman–Crippen MR) is 62.5 cm³/mol. The quantitative estimate of drug-likeness (QED) is 0.646. The van der Waals surface area contributed by atoms with Gasteiger partial charge in [0.2, 0.25) is 0 Å². The highest BCUT2D eigenvalue weighted by Gasteiger charge is 2.39. The standard InChI is InChI=1S/C13H17NO/c1-9-12(15)10-7-5-6-8-11(10)14(9)13(2,3)4/h5-9H,1-4H3/t9-/m0/s1. The minimum Gasteiger partial charge on any atom is -0.356 e. The molecule has 15 heavy (non-hydrogen) atoms. The molecule has 1 atom stereocenters. The van der Waals surface area contributed by atoms with Gasteiger partial charge < -0.3 is 4.90 Å². The Labute approximate surface area is 90.9 Å². The number of nitrogens with zero attached hydrogens (tertiary/aromatic N) is 1. The third kappa shape index (κ3) is 1.44. The monoisotopic (exact) mass is 203 g/mol. The van der Waals surface area contributed by atoms with Crippen LogP contribution in [0.5, 0.6) is 0 Å². The van der Waals surface area contributed by atoms with E-state index in [1.54, 1.807) is 0 Å². The predicted octanol–water partition coefficient (Wildman–Crippen LogP) is 2.88. The molecule has 2 rings (SSSR count). The van der Waals surface area contributed by atoms with E-state index in [4.69, 9.17) is 0 Å². The zero-order chi connectivity index (χ0) is 11.2. The van der Waals surface area contributed by atoms with Crippen LogP contribution in [0.4, 0.5) is 5.69 Å². The molecule has 2 nitrogen and oxygen atoms in total. The summed E-state index contributed by atoms with van der Waals surface area (Å²) in [6.07, 6.45) is 0. The molecule has 0 N–H and O–H groups in total. The molecule has 0 aliphatic carbocycles. The van der Waals surface area contributed by atoms with E-state index in [2.05, 4.69) is 25.7 Å². The third-order valence-electron chi connectivity index (χ3n) is 2.92. The second-order valence-electron chi connectivity index (χ2n) is 5.10. The number of rotatable bonds is 0. The number of hydrogen-bond acceptors (Lipinski definition) is 2. The van der Waals surface area contributed by atoms with Gasteiger partial charge in [-0.3, -0.25) is 4.79 Å². The van der Waals surface area contributed by atoms with Crippen LogP contribution in [0.1, 0.15) is 38.1 Å². The van der Waals surface area contributed by atoms with Crippen LogP contribution in [-0.4, -0.2) is 17.4 Å². The van der Waals surface area contributed by atoms with Gasteiger partial charge in [0.1, 0.15) is 0 Å². The molecule has 0 unspecified atom stereocenters. The minimum atomic E-state index is -0.0394. The van der Waals surface area contributed by atoms with Gasteiger partial charge >= 0.3 is 0 Å². The van der Waals surface area contributed by atoms with Gasteiger partial charge in [0, 0.05) is 16.8 Å². The van der Waals surface area contributed by atoms with Gasteiger partial charge in [-0.2, -0.15) is 0 Å². The zero-order valence-corrected chi connectivity index (χ0v) is 9.74. The van der Waals surface area contributed by atoms with Crippen molar-refractivity contribution in [3.8, 4) is 0 Å². The van der Waals surface area contributed by atoms with Crippen LogP contribution in [0.25, 0.3) is 0 Å². The van der Waals surface area contributed by atoms with Gasteiger partial charge in [-0.1, -0.05) is 12.1 Å². The number of hydrogen-bond donors (Lipinski definition) is 0. The van der Waals surface area contributed by atoms with E-state index in [0.29, 0.717) is 0 Å². The molecule has 80 valence electrons. The van der Waals surface area contributed by atoms with E-state index < -0.39 is 0 Å². The number of para-hydroxylation sites is 1. The normalized spacial score (nSPS) is 20.7. The summed E-state index contributed by atoms with van der Waals surface area (Å²) < 4.78 is 0. The van der Waals surface area contributed by atoms with Crippen LogP contribution in [0.3, 0.4) is 0 Å². The van der Waals surface area contributed by atoms with Gasteiger partial charge in [0.15, 0.2) is 5.78 Å². The van der Waals surface area contributed by atoms with Crippen LogP contribution in [0.2, 0.25) is 0 Å². The van der Waals surface area contributed by atoms with Crippen LogP contribution in [0, 0.1) is 0 Å². The number of benzene rings is 1. The van der Waals surface area contributed by atoms with Crippen molar-refractivity contribution in [2.24, 2.45) is 0 Å². The Bertz CT molecular complexity index is 403. The highest BCUT2D eigenvalue weighted by atomic mass is 16.1. The second-order valence-corrected chi connectivity index (χ2v) is 5.10. The summed E-state index contributed by atoms with van der Waals surface area (Å²) in [7, 11) is 0. The summed E-state index contributed by atoms with van der Waals surface area (Å²) >= 11 is 0. The lowest BCUT2D eigenvalue weighted by Gasteiger charge is -2.37. The molecular formula is C13H17NO. The van der Waals surface area contributed by atoms with Crippen molar-refractivity contribution in [3.05, 3.63) is 29.8 Å². The Morgan fingerprint density at radius 2 is 1.80 bits per heavy atom. The van der Waals surface area contributed by atoms with Crippen LogP contribution < -0.4 is 4.90 Å². The van der Waals surface area contributed by atoms with Gasteiger partial charge in [0.05, 0.1) is 6.04 Å². The van der Waals surface area contributed by atoms with Crippen LogP contribution in [0.15, 0.2) is 24.3 Å². The summed E-state index contributed by atoms with van der Waals surface area (Å²) in [5.41, 5.74) is 1.92. The molecule has 2 heteroatoms. The van der Waals surface area contributed by atoms with E-state index >= 15 is 0 Å². The second kappa shape index (κ2) is 3.09. The first-order valence-electron chi connectivity index (χ1n) is 5.35. The summed E-state index contributed by atoms with van der Waals surface area (Å²) in [5, 5.41) is 0. The number of carbonyl (C=O) groups is 1. The lowest BCUT2D eigenvalue weighted by molar-refractivity contribution is 0.0971. The number of Topliss-reactive ketones (excluding diaryl/α,β-unsaturated/α-hetero) is 1. The summed E-state index contributed by atoms with van der Waals surface area (Å²) in [6, 6.07) is 7.82. The Kier molecular flexibility index (Phi) is 2.10. The van der Waals surface area contributed by atoms with Crippen molar-refractivity contribution in [2.45, 2.75) is 39.3 Å². The number of carbonyl (C=O) groups excluding carboxylic acids is 1. The maximum atomic E-state index is 12.0. The van der Waals surface area contributed by atoms with Gasteiger partial charge in [-0.25, -0.2) is 0 Å². The van der Waals surface area contributed by atoms with Crippen molar-refractivity contribution in [1.82, 2.24) is 0 Å². The molecule has 0 aromatic heterocycles. The fraction of sp³-hybridized carbons (Fsp3) is 0.462. The summed E-state index contributed by atoms with van der Waals surface area (Å²) in [5.74, 6) is 0.237. The third-order valence-corrected chi connectivity index (χ3v) is 2.92. The molecule has 0 saturated heterocycles. The van der Waals surface area contributed by atoms with Crippen molar-refractivity contribution in [1.29, 1.82) is 0 Å². The number of anilines is 1. The topological polar surface area (TPSA) is 20.3 Å².